The molecule has 1 aliphatic heterocycles. The number of halogens is 3. The fourth-order valence-electron chi connectivity index (χ4n) is 3.11. The van der Waals surface area contributed by atoms with E-state index in [2.05, 4.69) is 0 Å². The Morgan fingerprint density at radius 2 is 1.71 bits per heavy atom. The maximum Gasteiger partial charge on any atom is 0.416 e. The summed E-state index contributed by atoms with van der Waals surface area (Å²) < 4.78 is 38.8. The third-order valence-corrected chi connectivity index (χ3v) is 4.09. The van der Waals surface area contributed by atoms with Crippen molar-refractivity contribution in [2.24, 2.45) is 0 Å². The largest absolute Gasteiger partial charge is 0.480 e. The fraction of sp³-hybridized carbons (Fsp3) is 0.357. The minimum Gasteiger partial charge on any atom is -0.480 e. The van der Waals surface area contributed by atoms with Crippen molar-refractivity contribution in [3.05, 3.63) is 29.3 Å². The molecule has 0 aromatic heterocycles. The Morgan fingerprint density at radius 3 is 2.08 bits per heavy atom. The predicted octanol–water partition coefficient (Wildman–Crippen LogP) is 2.39. The molecule has 1 atom stereocenters. The van der Waals surface area contributed by atoms with Crippen molar-refractivity contribution in [2.75, 3.05) is 4.90 Å². The summed E-state index contributed by atoms with van der Waals surface area (Å²) in [5.41, 5.74) is -5.15. The first kappa shape index (κ1) is 17.6. The average molecular weight is 347 g/mol. The van der Waals surface area contributed by atoms with Crippen LogP contribution in [0.5, 0.6) is 0 Å². The summed E-state index contributed by atoms with van der Waals surface area (Å²) in [6, 6.07) is 0.177. The third-order valence-electron chi connectivity index (χ3n) is 4.09. The van der Waals surface area contributed by atoms with E-state index in [-0.39, 0.29) is 12.1 Å². The van der Waals surface area contributed by atoms with Crippen LogP contribution in [0.4, 0.5) is 23.7 Å². The van der Waals surface area contributed by atoms with Crippen LogP contribution in [0.25, 0.3) is 0 Å². The summed E-state index contributed by atoms with van der Waals surface area (Å²) in [5, 5.41) is 28.3. The molecule has 0 radical (unpaired) electrons. The van der Waals surface area contributed by atoms with Gasteiger partial charge in [-0.15, -0.1) is 0 Å². The maximum absolute atomic E-state index is 12.9. The van der Waals surface area contributed by atoms with Gasteiger partial charge in [0.1, 0.15) is 0 Å². The highest BCUT2D eigenvalue weighted by molar-refractivity contribution is 6.12. The van der Waals surface area contributed by atoms with Gasteiger partial charge >= 0.3 is 24.2 Å². The zero-order valence-electron chi connectivity index (χ0n) is 12.2. The van der Waals surface area contributed by atoms with Crippen molar-refractivity contribution in [3.63, 3.8) is 0 Å². The molecule has 0 aliphatic carbocycles. The first-order chi connectivity index (χ1) is 11.0. The molecule has 130 valence electrons. The lowest BCUT2D eigenvalue weighted by atomic mass is 9.75. The van der Waals surface area contributed by atoms with E-state index in [9.17, 15) is 42.9 Å². The maximum atomic E-state index is 12.9. The van der Waals surface area contributed by atoms with E-state index in [1.807, 2.05) is 0 Å². The number of hydrogen-bond acceptors (Lipinski definition) is 3. The van der Waals surface area contributed by atoms with Crippen LogP contribution in [-0.4, -0.2) is 39.4 Å². The van der Waals surface area contributed by atoms with Gasteiger partial charge in [0.25, 0.3) is 0 Å². The Balaban J connectivity index is 2.89. The molecule has 1 aliphatic rings. The number of rotatable bonds is 3. The van der Waals surface area contributed by atoms with Gasteiger partial charge in [-0.05, 0) is 24.6 Å². The van der Waals surface area contributed by atoms with E-state index < -0.39 is 46.8 Å². The molecule has 1 aromatic rings. The first-order valence-corrected chi connectivity index (χ1v) is 6.70. The van der Waals surface area contributed by atoms with Gasteiger partial charge in [0.15, 0.2) is 0 Å². The third kappa shape index (κ3) is 2.17. The summed E-state index contributed by atoms with van der Waals surface area (Å²) in [6.07, 6.45) is -6.70. The van der Waals surface area contributed by atoms with Crippen molar-refractivity contribution in [3.8, 4) is 0 Å². The zero-order valence-corrected chi connectivity index (χ0v) is 12.2. The van der Waals surface area contributed by atoms with E-state index >= 15 is 0 Å². The molecule has 1 unspecified atom stereocenters. The smallest absolute Gasteiger partial charge is 0.416 e. The lowest BCUT2D eigenvalue weighted by Gasteiger charge is -2.30. The molecule has 2 rings (SSSR count). The van der Waals surface area contributed by atoms with Crippen LogP contribution in [0, 0.1) is 0 Å². The molecule has 0 bridgehead atoms. The monoisotopic (exact) mass is 347 g/mol. The molecule has 3 N–H and O–H groups in total. The van der Waals surface area contributed by atoms with Gasteiger partial charge in [0.05, 0.1) is 17.3 Å². The molecule has 24 heavy (non-hydrogen) atoms. The molecule has 7 nitrogen and oxygen atoms in total. The minimum atomic E-state index is -4.84. The van der Waals surface area contributed by atoms with Crippen LogP contribution in [-0.2, 0) is 21.2 Å². The summed E-state index contributed by atoms with van der Waals surface area (Å²) in [4.78, 5) is 35.5. The minimum absolute atomic E-state index is 0.221. The molecular formula is C14H12F3NO6. The number of alkyl halides is 3. The highest BCUT2D eigenvalue weighted by Gasteiger charge is 2.63. The van der Waals surface area contributed by atoms with Crippen LogP contribution < -0.4 is 4.90 Å². The topological polar surface area (TPSA) is 115 Å². The van der Waals surface area contributed by atoms with E-state index in [0.717, 1.165) is 6.07 Å². The van der Waals surface area contributed by atoms with Crippen LogP contribution in [0.2, 0.25) is 0 Å². The Hall–Kier alpha value is -2.78. The molecule has 0 fully saturated rings. The van der Waals surface area contributed by atoms with Gasteiger partial charge in [0.2, 0.25) is 5.41 Å². The fourth-order valence-corrected chi connectivity index (χ4v) is 3.11. The van der Waals surface area contributed by atoms with Gasteiger partial charge in [-0.3, -0.25) is 14.5 Å². The molecule has 1 aromatic carbocycles. The van der Waals surface area contributed by atoms with Crippen molar-refractivity contribution in [1.82, 2.24) is 0 Å². The molecule has 1 heterocycles. The number of anilines is 1. The Morgan fingerprint density at radius 1 is 1.17 bits per heavy atom. The highest BCUT2D eigenvalue weighted by Crippen LogP contribution is 2.49. The highest BCUT2D eigenvalue weighted by atomic mass is 19.4. The van der Waals surface area contributed by atoms with E-state index in [0.29, 0.717) is 17.0 Å². The number of carboxylic acid groups (broad SMARTS) is 3. The molecular weight excluding hydrogens is 335 g/mol. The van der Waals surface area contributed by atoms with Gasteiger partial charge in [-0.2, -0.15) is 13.2 Å². The van der Waals surface area contributed by atoms with E-state index in [1.165, 1.54) is 6.92 Å². The van der Waals surface area contributed by atoms with Crippen LogP contribution in [0.15, 0.2) is 18.2 Å². The molecule has 0 saturated carbocycles. The normalized spacial score (nSPS) is 19.0. The van der Waals surface area contributed by atoms with E-state index in [1.54, 1.807) is 0 Å². The van der Waals surface area contributed by atoms with Crippen molar-refractivity contribution < 1.29 is 42.9 Å². The zero-order chi connectivity index (χ0) is 18.4. The first-order valence-electron chi connectivity index (χ1n) is 6.70. The number of amides is 1. The average Bonchev–Trinajstić information content (AvgIpc) is 2.76. The lowest BCUT2D eigenvalue weighted by molar-refractivity contribution is -0.158. The number of nitrogens with zero attached hydrogens (tertiary/aromatic N) is 1. The van der Waals surface area contributed by atoms with Crippen LogP contribution in [0.3, 0.4) is 0 Å². The van der Waals surface area contributed by atoms with Crippen molar-refractivity contribution in [1.29, 1.82) is 0 Å². The number of benzene rings is 1. The van der Waals surface area contributed by atoms with Crippen LogP contribution in [0.1, 0.15) is 24.5 Å². The van der Waals surface area contributed by atoms with Crippen LogP contribution >= 0.6 is 0 Å². The summed E-state index contributed by atoms with van der Waals surface area (Å²) >= 11 is 0. The van der Waals surface area contributed by atoms with Gasteiger partial charge in [-0.25, -0.2) is 4.79 Å². The number of hydrogen-bond donors (Lipinski definition) is 3. The van der Waals surface area contributed by atoms with Crippen molar-refractivity contribution in [2.45, 2.75) is 31.0 Å². The van der Waals surface area contributed by atoms with Gasteiger partial charge in [0, 0.05) is 5.56 Å². The van der Waals surface area contributed by atoms with Gasteiger partial charge in [-0.1, -0.05) is 6.92 Å². The predicted molar refractivity (Wildman–Crippen MR) is 73.0 cm³/mol. The standard InChI is InChI=1S/C14H12F3NO6/c1-2-9-13(10(19)20,11(21)22)7-5-6(14(15,16)17)3-4-8(7)18(9)12(23)24/h3-5,9H,2H2,1H3,(H,19,20)(H,21,22)(H,23,24). The number of fused-ring (bicyclic) bond motifs is 1. The summed E-state index contributed by atoms with van der Waals surface area (Å²) in [5.74, 6) is -3.85. The second-order valence-electron chi connectivity index (χ2n) is 5.22. The molecule has 1 amide bonds. The summed E-state index contributed by atoms with van der Waals surface area (Å²) in [7, 11) is 0. The lowest BCUT2D eigenvalue weighted by Crippen LogP contribution is -2.55. The number of aliphatic carboxylic acids is 2. The van der Waals surface area contributed by atoms with Crippen molar-refractivity contribution >= 4 is 23.7 Å². The molecule has 10 heteroatoms. The second-order valence-corrected chi connectivity index (χ2v) is 5.22. The summed E-state index contributed by atoms with van der Waals surface area (Å²) in [6.45, 7) is 1.36. The second kappa shape index (κ2) is 5.39. The number of carbonyl (C=O) groups is 3. The molecule has 0 spiro atoms. The quantitative estimate of drug-likeness (QED) is 0.723. The molecule has 0 saturated heterocycles. The SMILES string of the molecule is CCC1N(C(=O)O)c2ccc(C(F)(F)F)cc2C1(C(=O)O)C(=O)O. The van der Waals surface area contributed by atoms with Gasteiger partial charge < -0.3 is 15.3 Å². The Kier molecular flexibility index (Phi) is 3.95. The number of carboxylic acids is 2. The Labute approximate surface area is 132 Å². The Bertz CT molecular complexity index is 716. The van der Waals surface area contributed by atoms with E-state index in [4.69, 9.17) is 0 Å².